The molecule has 4 nitrogen and oxygen atoms in total. The van der Waals surface area contributed by atoms with Gasteiger partial charge in [0.15, 0.2) is 5.78 Å². The summed E-state index contributed by atoms with van der Waals surface area (Å²) in [6, 6.07) is 5.09. The first-order valence-corrected chi connectivity index (χ1v) is 6.00. The van der Waals surface area contributed by atoms with Gasteiger partial charge in [0.25, 0.3) is 0 Å². The van der Waals surface area contributed by atoms with Crippen LogP contribution in [0.15, 0.2) is 29.8 Å². The molecule has 0 spiro atoms. The summed E-state index contributed by atoms with van der Waals surface area (Å²) in [5.41, 5.74) is -0.965. The largest absolute Gasteiger partial charge is 0.495 e. The summed E-state index contributed by atoms with van der Waals surface area (Å²) >= 11 is 0. The summed E-state index contributed by atoms with van der Waals surface area (Å²) in [4.78, 5) is 23.6. The van der Waals surface area contributed by atoms with Gasteiger partial charge in [-0.05, 0) is 24.3 Å². The first-order valence-electron chi connectivity index (χ1n) is 6.00. The number of ketones is 1. The summed E-state index contributed by atoms with van der Waals surface area (Å²) < 4.78 is 18.0. The van der Waals surface area contributed by atoms with E-state index in [1.165, 1.54) is 31.4 Å². The van der Waals surface area contributed by atoms with Crippen LogP contribution < -0.4 is 0 Å². The van der Waals surface area contributed by atoms with E-state index in [1.54, 1.807) is 20.8 Å². The van der Waals surface area contributed by atoms with Crippen molar-refractivity contribution in [1.29, 1.82) is 0 Å². The van der Waals surface area contributed by atoms with E-state index < -0.39 is 28.6 Å². The standard InChI is InChI=1S/C15H17FO4/c1-15(2,3)13(17)11(14(18)19)12(20-4)9-5-7-10(16)8-6-9/h5-8H,1-4H3,(H,18,19). The lowest BCUT2D eigenvalue weighted by Gasteiger charge is -2.19. The molecule has 0 atom stereocenters. The Balaban J connectivity index is 3.49. The summed E-state index contributed by atoms with van der Waals surface area (Å²) in [6.45, 7) is 4.86. The van der Waals surface area contributed by atoms with Gasteiger partial charge in [0.05, 0.1) is 7.11 Å². The second-order valence-corrected chi connectivity index (χ2v) is 5.30. The van der Waals surface area contributed by atoms with E-state index in [2.05, 4.69) is 0 Å². The van der Waals surface area contributed by atoms with Crippen molar-refractivity contribution in [3.8, 4) is 0 Å². The molecule has 0 heterocycles. The molecule has 0 fully saturated rings. The monoisotopic (exact) mass is 280 g/mol. The molecule has 0 aliphatic heterocycles. The molecule has 1 rings (SSSR count). The van der Waals surface area contributed by atoms with Gasteiger partial charge in [0.2, 0.25) is 0 Å². The van der Waals surface area contributed by atoms with E-state index in [4.69, 9.17) is 4.74 Å². The SMILES string of the molecule is COC(=C(C(=O)O)C(=O)C(C)(C)C)c1ccc(F)cc1. The van der Waals surface area contributed by atoms with Crippen LogP contribution in [0.1, 0.15) is 26.3 Å². The summed E-state index contributed by atoms with van der Waals surface area (Å²) in [7, 11) is 1.28. The zero-order chi connectivity index (χ0) is 15.5. The molecule has 20 heavy (non-hydrogen) atoms. The Bertz CT molecular complexity index is 550. The van der Waals surface area contributed by atoms with Crippen LogP contribution in [-0.4, -0.2) is 24.0 Å². The minimum atomic E-state index is -1.37. The van der Waals surface area contributed by atoms with Crippen molar-refractivity contribution >= 4 is 17.5 Å². The molecular weight excluding hydrogens is 263 g/mol. The number of hydrogen-bond acceptors (Lipinski definition) is 3. The maximum Gasteiger partial charge on any atom is 0.343 e. The maximum atomic E-state index is 12.9. The van der Waals surface area contributed by atoms with Crippen molar-refractivity contribution < 1.29 is 23.8 Å². The number of carboxylic acids is 1. The van der Waals surface area contributed by atoms with Gasteiger partial charge in [-0.25, -0.2) is 9.18 Å². The number of benzene rings is 1. The molecule has 1 aromatic rings. The van der Waals surface area contributed by atoms with Crippen molar-refractivity contribution in [3.05, 3.63) is 41.2 Å². The number of hydrogen-bond donors (Lipinski definition) is 1. The van der Waals surface area contributed by atoms with E-state index in [0.29, 0.717) is 5.56 Å². The number of carbonyl (C=O) groups excluding carboxylic acids is 1. The Kier molecular flexibility index (Phi) is 4.65. The van der Waals surface area contributed by atoms with Gasteiger partial charge >= 0.3 is 5.97 Å². The van der Waals surface area contributed by atoms with Crippen LogP contribution in [0.25, 0.3) is 5.76 Å². The fraction of sp³-hybridized carbons (Fsp3) is 0.333. The van der Waals surface area contributed by atoms with Gasteiger partial charge < -0.3 is 9.84 Å². The third kappa shape index (κ3) is 3.44. The third-order valence-corrected chi connectivity index (χ3v) is 2.66. The average Bonchev–Trinajstić information content (AvgIpc) is 2.34. The zero-order valence-electron chi connectivity index (χ0n) is 11.9. The molecule has 5 heteroatoms. The first-order chi connectivity index (χ1) is 9.18. The van der Waals surface area contributed by atoms with E-state index in [9.17, 15) is 19.1 Å². The number of carboxylic acid groups (broad SMARTS) is 1. The number of methoxy groups -OCH3 is 1. The van der Waals surface area contributed by atoms with Gasteiger partial charge in [0, 0.05) is 11.0 Å². The normalized spacial score (nSPS) is 12.7. The molecule has 0 aromatic heterocycles. The topological polar surface area (TPSA) is 63.6 Å². The average molecular weight is 280 g/mol. The van der Waals surface area contributed by atoms with Gasteiger partial charge in [-0.1, -0.05) is 20.8 Å². The molecule has 0 saturated heterocycles. The van der Waals surface area contributed by atoms with Gasteiger partial charge in [0.1, 0.15) is 17.1 Å². The molecule has 0 aliphatic rings. The Morgan fingerprint density at radius 2 is 1.65 bits per heavy atom. The van der Waals surface area contributed by atoms with Crippen LogP contribution in [0.5, 0.6) is 0 Å². The highest BCUT2D eigenvalue weighted by atomic mass is 19.1. The molecule has 0 unspecified atom stereocenters. The van der Waals surface area contributed by atoms with E-state index in [1.807, 2.05) is 0 Å². The Morgan fingerprint density at radius 3 is 2.00 bits per heavy atom. The van der Waals surface area contributed by atoms with E-state index in [0.717, 1.165) is 0 Å². The van der Waals surface area contributed by atoms with E-state index >= 15 is 0 Å². The Morgan fingerprint density at radius 1 is 1.15 bits per heavy atom. The van der Waals surface area contributed by atoms with Gasteiger partial charge in [-0.2, -0.15) is 0 Å². The van der Waals surface area contributed by atoms with Crippen LogP contribution in [0.3, 0.4) is 0 Å². The summed E-state index contributed by atoms with van der Waals surface area (Å²) in [5, 5.41) is 9.29. The lowest BCUT2D eigenvalue weighted by atomic mass is 9.85. The van der Waals surface area contributed by atoms with Crippen molar-refractivity contribution in [1.82, 2.24) is 0 Å². The highest BCUT2D eigenvalue weighted by Crippen LogP contribution is 2.27. The van der Waals surface area contributed by atoms with Crippen LogP contribution in [0.4, 0.5) is 4.39 Å². The highest BCUT2D eigenvalue weighted by Gasteiger charge is 2.33. The lowest BCUT2D eigenvalue weighted by molar-refractivity contribution is -0.136. The Hall–Kier alpha value is -2.17. The van der Waals surface area contributed by atoms with Crippen LogP contribution in [0.2, 0.25) is 0 Å². The summed E-state index contributed by atoms with van der Waals surface area (Å²) in [6.07, 6.45) is 0. The number of aliphatic carboxylic acids is 1. The number of carbonyl (C=O) groups is 2. The molecule has 0 amide bonds. The van der Waals surface area contributed by atoms with Crippen molar-refractivity contribution in [2.45, 2.75) is 20.8 Å². The van der Waals surface area contributed by atoms with E-state index in [-0.39, 0.29) is 5.76 Å². The molecule has 0 bridgehead atoms. The quantitative estimate of drug-likeness (QED) is 0.398. The predicted octanol–water partition coefficient (Wildman–Crippen LogP) is 2.88. The van der Waals surface area contributed by atoms with Crippen molar-refractivity contribution in [2.75, 3.05) is 7.11 Å². The predicted molar refractivity (Wildman–Crippen MR) is 72.4 cm³/mol. The molecule has 0 saturated carbocycles. The second kappa shape index (κ2) is 5.86. The van der Waals surface area contributed by atoms with Crippen molar-refractivity contribution in [3.63, 3.8) is 0 Å². The molecule has 0 aliphatic carbocycles. The third-order valence-electron chi connectivity index (χ3n) is 2.66. The molecular formula is C15H17FO4. The Labute approximate surface area is 116 Å². The fourth-order valence-corrected chi connectivity index (χ4v) is 1.64. The minimum Gasteiger partial charge on any atom is -0.495 e. The van der Waals surface area contributed by atoms with Crippen molar-refractivity contribution in [2.24, 2.45) is 5.41 Å². The first kappa shape index (κ1) is 15.9. The molecule has 108 valence electrons. The van der Waals surface area contributed by atoms with Crippen LogP contribution >= 0.6 is 0 Å². The molecule has 1 aromatic carbocycles. The van der Waals surface area contributed by atoms with Gasteiger partial charge in [-0.3, -0.25) is 4.79 Å². The number of ether oxygens (including phenoxy) is 1. The fourth-order valence-electron chi connectivity index (χ4n) is 1.64. The highest BCUT2D eigenvalue weighted by molar-refractivity contribution is 6.23. The second-order valence-electron chi connectivity index (χ2n) is 5.30. The maximum absolute atomic E-state index is 12.9. The summed E-state index contributed by atoms with van der Waals surface area (Å²) in [5.74, 6) is -2.45. The van der Waals surface area contributed by atoms with Crippen LogP contribution in [0, 0.1) is 11.2 Å². The molecule has 0 radical (unpaired) electrons. The number of Topliss-reactive ketones (excluding diaryl/α,β-unsaturated/α-hetero) is 1. The smallest absolute Gasteiger partial charge is 0.343 e. The zero-order valence-corrected chi connectivity index (χ0v) is 11.9. The van der Waals surface area contributed by atoms with Gasteiger partial charge in [-0.15, -0.1) is 0 Å². The minimum absolute atomic E-state index is 0.0718. The molecule has 1 N–H and O–H groups in total. The number of rotatable bonds is 4. The number of halogens is 1. The lowest BCUT2D eigenvalue weighted by Crippen LogP contribution is -2.27. The van der Waals surface area contributed by atoms with Crippen LogP contribution in [-0.2, 0) is 14.3 Å².